The van der Waals surface area contributed by atoms with Crippen LogP contribution in [-0.4, -0.2) is 19.1 Å². The number of hydrogen-bond donors (Lipinski definition) is 1. The van der Waals surface area contributed by atoms with E-state index < -0.39 is 5.54 Å². The number of nitrogens with one attached hydrogen (secondary N) is 1. The van der Waals surface area contributed by atoms with E-state index in [-0.39, 0.29) is 12.0 Å². The summed E-state index contributed by atoms with van der Waals surface area (Å²) in [6.07, 6.45) is 0.897. The third-order valence-electron chi connectivity index (χ3n) is 3.24. The predicted octanol–water partition coefficient (Wildman–Crippen LogP) is 3.77. The Hall–Kier alpha value is -0.770. The second-order valence-electron chi connectivity index (χ2n) is 4.70. The standard InChI is InChI=1S/C14H19Cl2NO2/c1-5-9(2)17-14(3,13(18)19-4)10-6-7-11(15)12(16)8-10/h6-9,17H,5H2,1-4H3. The summed E-state index contributed by atoms with van der Waals surface area (Å²) in [5.74, 6) is -0.355. The molecular weight excluding hydrogens is 285 g/mol. The van der Waals surface area contributed by atoms with Crippen molar-refractivity contribution in [3.63, 3.8) is 0 Å². The summed E-state index contributed by atoms with van der Waals surface area (Å²) >= 11 is 11.9. The van der Waals surface area contributed by atoms with Crippen LogP contribution in [0.15, 0.2) is 18.2 Å². The Morgan fingerprint density at radius 2 is 2.05 bits per heavy atom. The number of methoxy groups -OCH3 is 1. The fraction of sp³-hybridized carbons (Fsp3) is 0.500. The smallest absolute Gasteiger partial charge is 0.330 e. The first-order valence-corrected chi connectivity index (χ1v) is 6.92. The fourth-order valence-electron chi connectivity index (χ4n) is 1.87. The Balaban J connectivity index is 3.22. The number of ether oxygens (including phenoxy) is 1. The molecule has 0 spiro atoms. The number of benzene rings is 1. The molecule has 0 radical (unpaired) electrons. The van der Waals surface area contributed by atoms with Gasteiger partial charge in [0.2, 0.25) is 0 Å². The molecule has 0 amide bonds. The third-order valence-corrected chi connectivity index (χ3v) is 3.98. The highest BCUT2D eigenvalue weighted by molar-refractivity contribution is 6.42. The lowest BCUT2D eigenvalue weighted by Gasteiger charge is -2.31. The Bertz CT molecular complexity index is 465. The number of carbonyl (C=O) groups is 1. The molecule has 0 saturated heterocycles. The summed E-state index contributed by atoms with van der Waals surface area (Å²) in [4.78, 5) is 12.1. The first kappa shape index (κ1) is 16.3. The largest absolute Gasteiger partial charge is 0.467 e. The van der Waals surface area contributed by atoms with E-state index in [0.717, 1.165) is 12.0 Å². The minimum Gasteiger partial charge on any atom is -0.467 e. The lowest BCUT2D eigenvalue weighted by atomic mass is 9.91. The van der Waals surface area contributed by atoms with E-state index in [4.69, 9.17) is 27.9 Å². The summed E-state index contributed by atoms with van der Waals surface area (Å²) < 4.78 is 4.91. The maximum atomic E-state index is 12.1. The van der Waals surface area contributed by atoms with Crippen LogP contribution in [0.25, 0.3) is 0 Å². The van der Waals surface area contributed by atoms with Gasteiger partial charge in [-0.25, -0.2) is 4.79 Å². The van der Waals surface area contributed by atoms with Gasteiger partial charge < -0.3 is 4.74 Å². The van der Waals surface area contributed by atoms with E-state index in [1.807, 2.05) is 13.8 Å². The molecular formula is C14H19Cl2NO2. The minimum absolute atomic E-state index is 0.165. The van der Waals surface area contributed by atoms with Crippen LogP contribution < -0.4 is 5.32 Å². The molecule has 1 N–H and O–H groups in total. The quantitative estimate of drug-likeness (QED) is 0.842. The zero-order valence-electron chi connectivity index (χ0n) is 11.6. The molecule has 0 heterocycles. The molecule has 2 unspecified atom stereocenters. The number of halogens is 2. The Morgan fingerprint density at radius 3 is 2.53 bits per heavy atom. The topological polar surface area (TPSA) is 38.3 Å². The fourth-order valence-corrected chi connectivity index (χ4v) is 2.16. The average molecular weight is 304 g/mol. The van der Waals surface area contributed by atoms with E-state index in [1.54, 1.807) is 25.1 Å². The number of carbonyl (C=O) groups excluding carboxylic acids is 1. The second kappa shape index (κ2) is 6.60. The van der Waals surface area contributed by atoms with Crippen molar-refractivity contribution in [1.29, 1.82) is 0 Å². The summed E-state index contributed by atoms with van der Waals surface area (Å²) in [7, 11) is 1.37. The number of esters is 1. The van der Waals surface area contributed by atoms with E-state index in [9.17, 15) is 4.79 Å². The molecule has 1 aromatic carbocycles. The first-order chi connectivity index (χ1) is 8.85. The maximum absolute atomic E-state index is 12.1. The lowest BCUT2D eigenvalue weighted by molar-refractivity contribution is -0.148. The zero-order valence-corrected chi connectivity index (χ0v) is 13.1. The molecule has 3 nitrogen and oxygen atoms in total. The van der Waals surface area contributed by atoms with Crippen molar-refractivity contribution in [2.45, 2.75) is 38.8 Å². The van der Waals surface area contributed by atoms with Crippen LogP contribution in [0.4, 0.5) is 0 Å². The van der Waals surface area contributed by atoms with Gasteiger partial charge in [-0.3, -0.25) is 5.32 Å². The summed E-state index contributed by atoms with van der Waals surface area (Å²) in [5, 5.41) is 4.16. The van der Waals surface area contributed by atoms with Crippen LogP contribution >= 0.6 is 23.2 Å². The maximum Gasteiger partial charge on any atom is 0.330 e. The van der Waals surface area contributed by atoms with Crippen molar-refractivity contribution >= 4 is 29.2 Å². The van der Waals surface area contributed by atoms with Crippen molar-refractivity contribution in [2.24, 2.45) is 0 Å². The van der Waals surface area contributed by atoms with Crippen LogP contribution in [-0.2, 0) is 15.1 Å². The van der Waals surface area contributed by atoms with Gasteiger partial charge in [0.1, 0.15) is 5.54 Å². The third kappa shape index (κ3) is 3.62. The van der Waals surface area contributed by atoms with Gasteiger partial charge in [0.05, 0.1) is 17.2 Å². The Labute approximate surface area is 124 Å². The molecule has 1 aromatic rings. The number of rotatable bonds is 5. The molecule has 0 aromatic heterocycles. The molecule has 0 aliphatic carbocycles. The molecule has 0 aliphatic rings. The van der Waals surface area contributed by atoms with Gasteiger partial charge in [-0.05, 0) is 38.0 Å². The SMILES string of the molecule is CCC(C)NC(C)(C(=O)OC)c1ccc(Cl)c(Cl)c1. The van der Waals surface area contributed by atoms with Gasteiger partial charge >= 0.3 is 5.97 Å². The molecule has 1 rings (SSSR count). The molecule has 19 heavy (non-hydrogen) atoms. The van der Waals surface area contributed by atoms with Crippen LogP contribution in [0, 0.1) is 0 Å². The summed E-state index contributed by atoms with van der Waals surface area (Å²) in [5.41, 5.74) is -0.215. The van der Waals surface area contributed by atoms with E-state index in [1.165, 1.54) is 7.11 Å². The molecule has 0 aliphatic heterocycles. The zero-order chi connectivity index (χ0) is 14.6. The van der Waals surface area contributed by atoms with Crippen molar-refractivity contribution in [3.05, 3.63) is 33.8 Å². The van der Waals surface area contributed by atoms with Crippen LogP contribution in [0.2, 0.25) is 10.0 Å². The van der Waals surface area contributed by atoms with Crippen molar-refractivity contribution in [2.75, 3.05) is 7.11 Å². The highest BCUT2D eigenvalue weighted by Crippen LogP contribution is 2.30. The highest BCUT2D eigenvalue weighted by Gasteiger charge is 2.37. The molecule has 2 atom stereocenters. The molecule has 0 saturated carbocycles. The van der Waals surface area contributed by atoms with Crippen LogP contribution in [0.3, 0.4) is 0 Å². The van der Waals surface area contributed by atoms with Crippen molar-refractivity contribution < 1.29 is 9.53 Å². The van der Waals surface area contributed by atoms with E-state index >= 15 is 0 Å². The monoisotopic (exact) mass is 303 g/mol. The molecule has 106 valence electrons. The normalized spacial score (nSPS) is 15.7. The van der Waals surface area contributed by atoms with Gasteiger partial charge in [0.25, 0.3) is 0 Å². The highest BCUT2D eigenvalue weighted by atomic mass is 35.5. The molecule has 5 heteroatoms. The van der Waals surface area contributed by atoms with Gasteiger partial charge in [0.15, 0.2) is 0 Å². The van der Waals surface area contributed by atoms with E-state index in [2.05, 4.69) is 5.32 Å². The second-order valence-corrected chi connectivity index (χ2v) is 5.51. The van der Waals surface area contributed by atoms with Gasteiger partial charge in [-0.15, -0.1) is 0 Å². The minimum atomic E-state index is -0.946. The average Bonchev–Trinajstić information content (AvgIpc) is 2.40. The van der Waals surface area contributed by atoms with Gasteiger partial charge in [-0.2, -0.15) is 0 Å². The molecule has 0 fully saturated rings. The summed E-state index contributed by atoms with van der Waals surface area (Å²) in [6, 6.07) is 5.31. The number of hydrogen-bond acceptors (Lipinski definition) is 3. The van der Waals surface area contributed by atoms with Crippen molar-refractivity contribution in [3.8, 4) is 0 Å². The Kier molecular flexibility index (Phi) is 5.65. The van der Waals surface area contributed by atoms with E-state index in [0.29, 0.717) is 10.0 Å². The van der Waals surface area contributed by atoms with Crippen LogP contribution in [0.5, 0.6) is 0 Å². The first-order valence-electron chi connectivity index (χ1n) is 6.16. The lowest BCUT2D eigenvalue weighted by Crippen LogP contribution is -2.51. The van der Waals surface area contributed by atoms with Crippen LogP contribution in [0.1, 0.15) is 32.8 Å². The predicted molar refractivity (Wildman–Crippen MR) is 78.7 cm³/mol. The Morgan fingerprint density at radius 1 is 1.42 bits per heavy atom. The summed E-state index contributed by atoms with van der Waals surface area (Å²) in [6.45, 7) is 5.84. The molecule has 0 bridgehead atoms. The van der Waals surface area contributed by atoms with Crippen molar-refractivity contribution in [1.82, 2.24) is 5.32 Å². The van der Waals surface area contributed by atoms with Gasteiger partial charge in [-0.1, -0.05) is 36.2 Å². The van der Waals surface area contributed by atoms with Gasteiger partial charge in [0, 0.05) is 6.04 Å².